The SMILES string of the molecule is COC(=O)[C@H]1O[C@@H](Oc2ccc(COC(=O)N(C)COCC(=O)[C@@]34O[C@H](c5cccc(F)c5)O[C@@H]3C[C@H]3[C@@H]5C[C@H](F)C6=CC(=O)C=C[C@]6(C)[C@@]5(F)[C@@H](O)C[C@@]34C)cc2[N+](=O)[O-])[C@H](OC(C)=O)[C@@H](C)[C@@H]1C. The predicted molar refractivity (Wildman–Crippen MR) is 234 cm³/mol. The van der Waals surface area contributed by atoms with E-state index in [1.54, 1.807) is 26.8 Å². The zero-order chi connectivity index (χ0) is 50.8. The van der Waals surface area contributed by atoms with Gasteiger partial charge in [0.15, 0.2) is 47.1 Å². The number of hydrogen-bond donors (Lipinski definition) is 1. The summed E-state index contributed by atoms with van der Waals surface area (Å²) in [5.41, 5.74) is -7.71. The number of rotatable bonds is 13. The number of carbonyl (C=O) groups is 5. The Morgan fingerprint density at radius 3 is 2.47 bits per heavy atom. The van der Waals surface area contributed by atoms with Crippen LogP contribution in [0.3, 0.4) is 0 Å². The number of ether oxygens (including phenoxy) is 8. The van der Waals surface area contributed by atoms with Gasteiger partial charge in [0, 0.05) is 48.3 Å². The molecule has 8 rings (SSSR count). The fraction of sp³-hybridized carbons (Fsp3) is 0.571. The molecule has 1 N–H and O–H groups in total. The minimum Gasteiger partial charge on any atom is -0.467 e. The molecule has 5 fully saturated rings. The number of ketones is 2. The maximum absolute atomic E-state index is 18.0. The number of amides is 1. The number of carbonyl (C=O) groups excluding carboxylic acids is 5. The highest BCUT2D eigenvalue weighted by molar-refractivity contribution is 6.01. The number of alkyl halides is 2. The lowest BCUT2D eigenvalue weighted by Gasteiger charge is -2.63. The highest BCUT2D eigenvalue weighted by atomic mass is 19.1. The number of nitrogens with zero attached hydrogens (tertiary/aromatic N) is 2. The van der Waals surface area contributed by atoms with Crippen molar-refractivity contribution >= 4 is 35.3 Å². The highest BCUT2D eigenvalue weighted by Crippen LogP contribution is 2.72. The van der Waals surface area contributed by atoms with Crippen LogP contribution in [0.25, 0.3) is 0 Å². The monoisotopic (exact) mass is 984 g/mol. The number of aliphatic hydroxyl groups is 1. The second-order valence-electron chi connectivity index (χ2n) is 19.5. The number of methoxy groups -OCH3 is 1. The lowest BCUT2D eigenvalue weighted by Crippen LogP contribution is -2.70. The Morgan fingerprint density at radius 2 is 1.79 bits per heavy atom. The summed E-state index contributed by atoms with van der Waals surface area (Å²) >= 11 is 0. The average Bonchev–Trinajstić information content (AvgIpc) is 3.82. The third-order valence-corrected chi connectivity index (χ3v) is 15.7. The Kier molecular flexibility index (Phi) is 13.6. The molecule has 3 saturated carbocycles. The van der Waals surface area contributed by atoms with Crippen molar-refractivity contribution in [2.75, 3.05) is 27.5 Å². The van der Waals surface area contributed by atoms with E-state index in [2.05, 4.69) is 0 Å². The number of nitro groups is 1. The van der Waals surface area contributed by atoms with E-state index in [1.807, 2.05) is 0 Å². The lowest BCUT2D eigenvalue weighted by atomic mass is 9.44. The number of nitro benzene ring substituents is 1. The Balaban J connectivity index is 0.955. The first kappa shape index (κ1) is 50.6. The minimum atomic E-state index is -2.46. The third kappa shape index (κ3) is 8.25. The molecule has 21 heteroatoms. The number of allylic oxidation sites excluding steroid dienone is 4. The van der Waals surface area contributed by atoms with Crippen molar-refractivity contribution in [2.24, 2.45) is 34.5 Å². The van der Waals surface area contributed by atoms with Crippen molar-refractivity contribution in [3.63, 3.8) is 0 Å². The smallest absolute Gasteiger partial charge is 0.411 e. The van der Waals surface area contributed by atoms with Gasteiger partial charge in [-0.15, -0.1) is 0 Å². The van der Waals surface area contributed by atoms with Gasteiger partial charge in [-0.05, 0) is 79.5 Å². The summed E-state index contributed by atoms with van der Waals surface area (Å²) in [4.78, 5) is 77.3. The number of halogens is 3. The lowest BCUT2D eigenvalue weighted by molar-refractivity contribution is -0.387. The van der Waals surface area contributed by atoms with Gasteiger partial charge in [-0.1, -0.05) is 45.0 Å². The van der Waals surface area contributed by atoms with Gasteiger partial charge in [0.2, 0.25) is 6.29 Å². The number of fused-ring (bicyclic) bond motifs is 7. The fourth-order valence-electron chi connectivity index (χ4n) is 12.0. The van der Waals surface area contributed by atoms with Gasteiger partial charge in [0.05, 0.1) is 24.2 Å². The van der Waals surface area contributed by atoms with E-state index >= 15 is 8.78 Å². The van der Waals surface area contributed by atoms with E-state index < -0.39 is 155 Å². The van der Waals surface area contributed by atoms with Gasteiger partial charge < -0.3 is 43.0 Å². The molecule has 4 aliphatic carbocycles. The molecule has 2 saturated heterocycles. The van der Waals surface area contributed by atoms with E-state index in [9.17, 15) is 43.6 Å². The molecule has 15 atom stereocenters. The maximum atomic E-state index is 18.0. The van der Waals surface area contributed by atoms with Crippen LogP contribution in [0.15, 0.2) is 66.3 Å². The first-order chi connectivity index (χ1) is 33.0. The van der Waals surface area contributed by atoms with E-state index in [1.165, 1.54) is 70.5 Å². The van der Waals surface area contributed by atoms with Crippen molar-refractivity contribution in [3.05, 3.63) is 93.3 Å². The molecule has 2 aliphatic heterocycles. The molecule has 378 valence electrons. The molecule has 0 unspecified atom stereocenters. The van der Waals surface area contributed by atoms with E-state index in [4.69, 9.17) is 37.9 Å². The van der Waals surface area contributed by atoms with Crippen LogP contribution in [0.4, 0.5) is 23.7 Å². The second-order valence-corrected chi connectivity index (χ2v) is 19.5. The highest BCUT2D eigenvalue weighted by Gasteiger charge is 2.80. The largest absolute Gasteiger partial charge is 0.467 e. The van der Waals surface area contributed by atoms with Gasteiger partial charge >= 0.3 is 23.7 Å². The summed E-state index contributed by atoms with van der Waals surface area (Å²) in [6.45, 7) is 5.99. The molecular weight excluding hydrogens is 930 g/mol. The molecule has 70 heavy (non-hydrogen) atoms. The van der Waals surface area contributed by atoms with Crippen molar-refractivity contribution < 1.29 is 85.1 Å². The third-order valence-electron chi connectivity index (χ3n) is 15.7. The number of esters is 2. The van der Waals surface area contributed by atoms with Gasteiger partial charge in [0.25, 0.3) is 0 Å². The van der Waals surface area contributed by atoms with Crippen LogP contribution < -0.4 is 4.74 Å². The van der Waals surface area contributed by atoms with Crippen LogP contribution in [0.1, 0.15) is 71.3 Å². The summed E-state index contributed by atoms with van der Waals surface area (Å²) in [7, 11) is 2.47. The van der Waals surface area contributed by atoms with Gasteiger partial charge in [-0.2, -0.15) is 0 Å². The molecule has 2 heterocycles. The number of aliphatic hydroxyl groups excluding tert-OH is 1. The normalized spacial score (nSPS) is 37.2. The number of hydrogen-bond acceptors (Lipinski definition) is 16. The van der Waals surface area contributed by atoms with Crippen molar-refractivity contribution in [1.29, 1.82) is 0 Å². The van der Waals surface area contributed by atoms with E-state index in [0.717, 1.165) is 17.0 Å². The van der Waals surface area contributed by atoms with Crippen LogP contribution in [0, 0.1) is 50.4 Å². The summed E-state index contributed by atoms with van der Waals surface area (Å²) in [6, 6.07) is 9.08. The minimum absolute atomic E-state index is 0.00337. The molecule has 0 radical (unpaired) electrons. The summed E-state index contributed by atoms with van der Waals surface area (Å²) < 4.78 is 94.8. The average molecular weight is 985 g/mol. The van der Waals surface area contributed by atoms with Crippen molar-refractivity contribution in [2.45, 2.75) is 115 Å². The molecule has 0 aromatic heterocycles. The molecule has 2 aromatic carbocycles. The Morgan fingerprint density at radius 1 is 1.04 bits per heavy atom. The van der Waals surface area contributed by atoms with Crippen molar-refractivity contribution in [1.82, 2.24) is 4.90 Å². The van der Waals surface area contributed by atoms with Crippen LogP contribution in [-0.4, -0.2) is 120 Å². The molecule has 0 spiro atoms. The van der Waals surface area contributed by atoms with Crippen LogP contribution in [0.2, 0.25) is 0 Å². The van der Waals surface area contributed by atoms with Gasteiger partial charge in [-0.25, -0.2) is 22.8 Å². The second kappa shape index (κ2) is 18.8. The summed E-state index contributed by atoms with van der Waals surface area (Å²) in [6.07, 6.45) is -7.66. The number of benzene rings is 2. The standard InChI is InChI=1S/C49H55F3N2O16/c1-24-25(2)41(66-26(3)55)44(69-40(24)42(59)63-7)67-36-12-11-27(15-35(36)54(61)62)21-65-45(60)53(6)23-64-22-38(58)49-39(68-43(70-49)28-9-8-10-29(50)16-28)19-31-32-18-34(51)33-17-30(56)13-14-46(33,4)48(32,52)37(57)20-47(31,49)5/h8-17,24-25,31-32,34,37,39-41,43-44,57H,18-23H2,1-7H3/t24-,25-,31-,32-,34-,37-,39+,40-,41+,43+,44+,46-,47-,48-,49+/m0/s1. The Hall–Kier alpha value is -5.74. The van der Waals surface area contributed by atoms with Crippen LogP contribution in [-0.2, 0) is 58.9 Å². The Labute approximate surface area is 400 Å². The van der Waals surface area contributed by atoms with Gasteiger partial charge in [0.1, 0.15) is 31.9 Å². The van der Waals surface area contributed by atoms with Crippen molar-refractivity contribution in [3.8, 4) is 5.75 Å². The first-order valence-corrected chi connectivity index (χ1v) is 22.9. The topological polar surface area (TPSA) is 226 Å². The zero-order valence-corrected chi connectivity index (χ0v) is 39.5. The van der Waals surface area contributed by atoms with E-state index in [-0.39, 0.29) is 41.7 Å². The zero-order valence-electron chi connectivity index (χ0n) is 39.5. The van der Waals surface area contributed by atoms with Crippen LogP contribution in [0.5, 0.6) is 5.75 Å². The molecule has 1 amide bonds. The summed E-state index contributed by atoms with van der Waals surface area (Å²) in [5, 5.41) is 24.2. The first-order valence-electron chi connectivity index (χ1n) is 22.9. The Bertz CT molecular complexity index is 2530. The molecule has 0 bridgehead atoms. The van der Waals surface area contributed by atoms with Gasteiger partial charge in [-0.3, -0.25) is 29.4 Å². The van der Waals surface area contributed by atoms with Crippen LogP contribution >= 0.6 is 0 Å². The molecule has 6 aliphatic rings. The predicted octanol–water partition coefficient (Wildman–Crippen LogP) is 6.11. The maximum Gasteiger partial charge on any atom is 0.411 e. The van der Waals surface area contributed by atoms with E-state index in [0.29, 0.717) is 0 Å². The fourth-order valence-corrected chi connectivity index (χ4v) is 12.0. The quantitative estimate of drug-likeness (QED) is 0.0786. The molecule has 2 aromatic rings. The molecule has 18 nitrogen and oxygen atoms in total. The summed E-state index contributed by atoms with van der Waals surface area (Å²) in [5.74, 6) is -6.45. The molecular formula is C49H55F3N2O16. The number of Topliss-reactive ketones (excluding diaryl/α,β-unsaturated/α-hetero) is 1.